The van der Waals surface area contributed by atoms with Gasteiger partial charge in [-0.2, -0.15) is 5.21 Å². The van der Waals surface area contributed by atoms with Crippen LogP contribution >= 0.6 is 0 Å². The molecule has 1 aliphatic carbocycles. The highest BCUT2D eigenvalue weighted by Gasteiger charge is 2.33. The van der Waals surface area contributed by atoms with E-state index >= 15 is 0 Å². The number of rotatable bonds is 9. The highest BCUT2D eigenvalue weighted by Crippen LogP contribution is 2.37. The molecule has 14 nitrogen and oxygen atoms in total. The maximum Gasteiger partial charge on any atom is 0.242 e. The fourth-order valence-electron chi connectivity index (χ4n) is 3.40. The van der Waals surface area contributed by atoms with Crippen LogP contribution in [0.1, 0.15) is 19.3 Å². The van der Waals surface area contributed by atoms with E-state index in [1.165, 1.54) is 6.07 Å². The van der Waals surface area contributed by atoms with Gasteiger partial charge in [0.1, 0.15) is 9.79 Å². The SMILES string of the molecule is NCC(O)CNS(=O)(=O)c1ccc(N[C@@H]2CCC[C@H]2N)c(-c2nn[nH]n2)c1S(N)(=O)=O. The van der Waals surface area contributed by atoms with Crippen LogP contribution in [0.25, 0.3) is 11.4 Å². The summed E-state index contributed by atoms with van der Waals surface area (Å²) in [7, 11) is -9.00. The maximum atomic E-state index is 12.9. The molecule has 1 heterocycles. The number of H-pyrrole nitrogens is 1. The first kappa shape index (κ1) is 23.5. The number of nitrogens with zero attached hydrogens (tertiary/aromatic N) is 3. The first-order valence-corrected chi connectivity index (χ1v) is 12.4. The normalized spacial score (nSPS) is 20.6. The molecule has 1 unspecified atom stereocenters. The third-order valence-electron chi connectivity index (χ3n) is 4.96. The topological polar surface area (TPSA) is 245 Å². The van der Waals surface area contributed by atoms with Gasteiger partial charge in [0.05, 0.1) is 11.7 Å². The molecule has 1 aromatic heterocycles. The molecule has 3 atom stereocenters. The molecule has 31 heavy (non-hydrogen) atoms. The second-order valence-electron chi connectivity index (χ2n) is 7.18. The number of nitrogens with two attached hydrogens (primary N) is 3. The van der Waals surface area contributed by atoms with Gasteiger partial charge < -0.3 is 21.9 Å². The molecular weight excluding hydrogens is 450 g/mol. The van der Waals surface area contributed by atoms with Crippen molar-refractivity contribution in [1.82, 2.24) is 25.3 Å². The van der Waals surface area contributed by atoms with E-state index in [-0.39, 0.29) is 35.7 Å². The zero-order valence-electron chi connectivity index (χ0n) is 16.4. The number of hydrogen-bond acceptors (Lipinski definition) is 11. The van der Waals surface area contributed by atoms with Crippen molar-refractivity contribution in [1.29, 1.82) is 0 Å². The number of aromatic amines is 1. The number of benzene rings is 1. The lowest BCUT2D eigenvalue weighted by Crippen LogP contribution is -2.37. The van der Waals surface area contributed by atoms with E-state index in [0.29, 0.717) is 0 Å². The molecule has 16 heteroatoms. The van der Waals surface area contributed by atoms with E-state index in [4.69, 9.17) is 16.6 Å². The molecule has 1 saturated carbocycles. The Balaban J connectivity index is 2.18. The average Bonchev–Trinajstić information content (AvgIpc) is 3.37. The first-order chi connectivity index (χ1) is 14.5. The van der Waals surface area contributed by atoms with E-state index in [9.17, 15) is 21.9 Å². The van der Waals surface area contributed by atoms with Crippen molar-refractivity contribution in [3.8, 4) is 11.4 Å². The number of nitrogens with one attached hydrogen (secondary N) is 3. The van der Waals surface area contributed by atoms with Gasteiger partial charge in [-0.15, -0.1) is 10.2 Å². The van der Waals surface area contributed by atoms with Crippen molar-refractivity contribution in [3.05, 3.63) is 12.1 Å². The van der Waals surface area contributed by atoms with Crippen LogP contribution in [0.4, 0.5) is 5.69 Å². The standard InChI is InChI=1S/C15H25N9O5S2/c16-6-8(25)7-19-31(28,29)12-5-4-11(20-10-3-1-2-9(10)17)13(14(12)30(18,26)27)15-21-23-24-22-15/h4-5,8-10,19-20,25H,1-3,6-7,16-17H2,(H2,18,26,27)(H,21,22,23,24)/t8?,9-,10-/m1/s1. The number of aliphatic hydroxyl groups is 1. The summed E-state index contributed by atoms with van der Waals surface area (Å²) in [5, 5.41) is 31.4. The van der Waals surface area contributed by atoms with Gasteiger partial charge in [0.15, 0.2) is 0 Å². The van der Waals surface area contributed by atoms with Crippen molar-refractivity contribution in [2.75, 3.05) is 18.4 Å². The molecule has 172 valence electrons. The Kier molecular flexibility index (Phi) is 6.89. The molecule has 1 aromatic carbocycles. The minimum absolute atomic E-state index is 0.155. The number of aromatic nitrogens is 4. The molecule has 0 radical (unpaired) electrons. The Hall–Kier alpha value is -2.21. The third-order valence-corrected chi connectivity index (χ3v) is 7.54. The Bertz CT molecular complexity index is 1120. The van der Waals surface area contributed by atoms with Gasteiger partial charge in [0.2, 0.25) is 25.9 Å². The minimum atomic E-state index is -4.59. The summed E-state index contributed by atoms with van der Waals surface area (Å²) in [6.45, 7) is -0.611. The molecule has 1 aliphatic rings. The Morgan fingerprint density at radius 1 is 1.26 bits per heavy atom. The van der Waals surface area contributed by atoms with Gasteiger partial charge in [-0.25, -0.2) is 26.7 Å². The molecule has 0 spiro atoms. The molecule has 0 amide bonds. The Labute approximate surface area is 179 Å². The van der Waals surface area contributed by atoms with Crippen LogP contribution in [-0.4, -0.2) is 73.8 Å². The van der Waals surface area contributed by atoms with E-state index in [1.807, 2.05) is 0 Å². The van der Waals surface area contributed by atoms with Gasteiger partial charge in [-0.05, 0) is 36.6 Å². The molecule has 0 saturated heterocycles. The van der Waals surface area contributed by atoms with Gasteiger partial charge in [0, 0.05) is 30.9 Å². The van der Waals surface area contributed by atoms with Crippen molar-refractivity contribution < 1.29 is 21.9 Å². The van der Waals surface area contributed by atoms with Crippen molar-refractivity contribution >= 4 is 25.7 Å². The zero-order valence-corrected chi connectivity index (χ0v) is 18.0. The van der Waals surface area contributed by atoms with Gasteiger partial charge in [-0.1, -0.05) is 0 Å². The molecule has 0 bridgehead atoms. The summed E-state index contributed by atoms with van der Waals surface area (Å²) >= 11 is 0. The van der Waals surface area contributed by atoms with Crippen molar-refractivity contribution in [2.45, 2.75) is 47.2 Å². The summed E-state index contributed by atoms with van der Waals surface area (Å²) in [5.74, 6) is -0.169. The molecule has 10 N–H and O–H groups in total. The second-order valence-corrected chi connectivity index (χ2v) is 10.4. The van der Waals surface area contributed by atoms with E-state index in [2.05, 4.69) is 30.7 Å². The van der Waals surface area contributed by atoms with Crippen molar-refractivity contribution in [3.63, 3.8) is 0 Å². The van der Waals surface area contributed by atoms with E-state index in [1.54, 1.807) is 0 Å². The largest absolute Gasteiger partial charge is 0.390 e. The monoisotopic (exact) mass is 475 g/mol. The van der Waals surface area contributed by atoms with Gasteiger partial charge in [-0.3, -0.25) is 0 Å². The Morgan fingerprint density at radius 3 is 2.55 bits per heavy atom. The summed E-state index contributed by atoms with van der Waals surface area (Å²) in [5.41, 5.74) is 11.5. The fraction of sp³-hybridized carbons (Fsp3) is 0.533. The molecule has 3 rings (SSSR count). The number of sulfonamides is 2. The summed E-state index contributed by atoms with van der Waals surface area (Å²) in [6, 6.07) is 2.15. The lowest BCUT2D eigenvalue weighted by molar-refractivity contribution is 0.186. The lowest BCUT2D eigenvalue weighted by Gasteiger charge is -2.22. The maximum absolute atomic E-state index is 12.9. The molecule has 1 fully saturated rings. The van der Waals surface area contributed by atoms with Crippen LogP contribution < -0.4 is 26.6 Å². The first-order valence-electron chi connectivity index (χ1n) is 9.38. The fourth-order valence-corrected chi connectivity index (χ4v) is 6.07. The predicted molar refractivity (Wildman–Crippen MR) is 110 cm³/mol. The highest BCUT2D eigenvalue weighted by molar-refractivity contribution is 7.92. The zero-order chi connectivity index (χ0) is 22.8. The molecule has 2 aromatic rings. The van der Waals surface area contributed by atoms with Gasteiger partial charge >= 0.3 is 0 Å². The van der Waals surface area contributed by atoms with Crippen LogP contribution in [0.5, 0.6) is 0 Å². The van der Waals surface area contributed by atoms with E-state index in [0.717, 1.165) is 25.3 Å². The number of hydrogen-bond donors (Lipinski definition) is 7. The highest BCUT2D eigenvalue weighted by atomic mass is 32.2. The van der Waals surface area contributed by atoms with E-state index < -0.39 is 42.5 Å². The quantitative estimate of drug-likeness (QED) is 0.198. The van der Waals surface area contributed by atoms with Crippen LogP contribution in [0.2, 0.25) is 0 Å². The molecular formula is C15H25N9O5S2. The van der Waals surface area contributed by atoms with Gasteiger partial charge in [0.25, 0.3) is 0 Å². The third kappa shape index (κ3) is 5.17. The summed E-state index contributed by atoms with van der Waals surface area (Å²) in [6.07, 6.45) is 1.26. The lowest BCUT2D eigenvalue weighted by atomic mass is 10.1. The number of aliphatic hydroxyl groups excluding tert-OH is 1. The second kappa shape index (κ2) is 9.11. The number of primary sulfonamides is 1. The minimum Gasteiger partial charge on any atom is -0.390 e. The summed E-state index contributed by atoms with van der Waals surface area (Å²) in [4.78, 5) is -1.33. The summed E-state index contributed by atoms with van der Waals surface area (Å²) < 4.78 is 52.9. The van der Waals surface area contributed by atoms with Crippen molar-refractivity contribution in [2.24, 2.45) is 16.6 Å². The van der Waals surface area contributed by atoms with Crippen LogP contribution in [-0.2, 0) is 20.0 Å². The number of tetrazole rings is 1. The van der Waals surface area contributed by atoms with Crippen LogP contribution in [0.15, 0.2) is 21.9 Å². The molecule has 0 aliphatic heterocycles. The predicted octanol–water partition coefficient (Wildman–Crippen LogP) is -2.60. The smallest absolute Gasteiger partial charge is 0.242 e. The Morgan fingerprint density at radius 2 is 2.00 bits per heavy atom. The van der Waals surface area contributed by atoms with Crippen LogP contribution in [0.3, 0.4) is 0 Å². The average molecular weight is 476 g/mol. The van der Waals surface area contributed by atoms with Crippen LogP contribution in [0, 0.1) is 0 Å². The number of anilines is 1.